The molecule has 1 aliphatic heterocycles. The molecular formula is C14H17ClN4O3S. The number of imidazole rings is 1. The SMILES string of the molecule is Cn1cnc(S(=O)(=O)N2C[C@H](Nc3cccc(Cl)c3)[C@@H](O)C2)c1. The Morgan fingerprint density at radius 1 is 1.39 bits per heavy atom. The Kier molecular flexibility index (Phi) is 4.33. The molecule has 124 valence electrons. The molecule has 9 heteroatoms. The molecule has 0 spiro atoms. The Bertz CT molecular complexity index is 808. The average molecular weight is 357 g/mol. The summed E-state index contributed by atoms with van der Waals surface area (Å²) in [6.07, 6.45) is 2.06. The van der Waals surface area contributed by atoms with E-state index in [-0.39, 0.29) is 18.1 Å². The molecule has 2 aromatic rings. The standard InChI is InChI=1S/C14H17ClN4O3S/c1-18-8-14(16-9-18)23(21,22)19-6-12(13(20)7-19)17-11-4-2-3-10(15)5-11/h2-5,8-9,12-13,17,20H,6-7H2,1H3/t12-,13-/m0/s1. The number of hydrogen-bond donors (Lipinski definition) is 2. The first-order valence-electron chi connectivity index (χ1n) is 7.04. The van der Waals surface area contributed by atoms with E-state index in [1.807, 2.05) is 6.07 Å². The number of nitrogens with one attached hydrogen (secondary N) is 1. The summed E-state index contributed by atoms with van der Waals surface area (Å²) in [5.41, 5.74) is 0.735. The van der Waals surface area contributed by atoms with Crippen molar-refractivity contribution >= 4 is 27.3 Å². The predicted octanol–water partition coefficient (Wildman–Crippen LogP) is 0.919. The van der Waals surface area contributed by atoms with E-state index in [4.69, 9.17) is 11.6 Å². The van der Waals surface area contributed by atoms with Crippen LogP contribution in [0, 0.1) is 0 Å². The summed E-state index contributed by atoms with van der Waals surface area (Å²) in [6.45, 7) is 0.184. The lowest BCUT2D eigenvalue weighted by atomic mass is 10.2. The monoisotopic (exact) mass is 356 g/mol. The highest BCUT2D eigenvalue weighted by atomic mass is 35.5. The van der Waals surface area contributed by atoms with E-state index in [1.54, 1.807) is 29.8 Å². The van der Waals surface area contributed by atoms with Gasteiger partial charge in [-0.05, 0) is 18.2 Å². The van der Waals surface area contributed by atoms with Gasteiger partial charge in [0.2, 0.25) is 0 Å². The molecule has 0 bridgehead atoms. The number of benzene rings is 1. The summed E-state index contributed by atoms with van der Waals surface area (Å²) in [5, 5.41) is 13.9. The zero-order chi connectivity index (χ0) is 16.6. The average Bonchev–Trinajstić information content (AvgIpc) is 3.07. The molecule has 23 heavy (non-hydrogen) atoms. The fourth-order valence-electron chi connectivity index (χ4n) is 2.54. The highest BCUT2D eigenvalue weighted by molar-refractivity contribution is 7.89. The molecule has 0 saturated carbocycles. The van der Waals surface area contributed by atoms with E-state index in [2.05, 4.69) is 10.3 Å². The Labute approximate surface area is 139 Å². The number of β-amino-alcohol motifs (C(OH)–C–C–N with tert-alkyl or cyclic N) is 1. The van der Waals surface area contributed by atoms with Crippen LogP contribution in [0.5, 0.6) is 0 Å². The molecule has 2 N–H and O–H groups in total. The van der Waals surface area contributed by atoms with Gasteiger partial charge in [0, 0.05) is 37.0 Å². The van der Waals surface area contributed by atoms with Crippen LogP contribution in [-0.4, -0.2) is 52.6 Å². The first-order chi connectivity index (χ1) is 10.9. The molecule has 3 rings (SSSR count). The predicted molar refractivity (Wildman–Crippen MR) is 86.8 cm³/mol. The molecule has 1 saturated heterocycles. The van der Waals surface area contributed by atoms with Crippen LogP contribution in [0.15, 0.2) is 41.8 Å². The molecule has 7 nitrogen and oxygen atoms in total. The molecule has 2 heterocycles. The molecule has 0 aliphatic carbocycles. The third-order valence-corrected chi connectivity index (χ3v) is 5.67. The Morgan fingerprint density at radius 2 is 2.17 bits per heavy atom. The topological polar surface area (TPSA) is 87.5 Å². The number of aliphatic hydroxyl groups excluding tert-OH is 1. The molecule has 0 amide bonds. The molecule has 0 radical (unpaired) electrons. The lowest BCUT2D eigenvalue weighted by Crippen LogP contribution is -2.33. The smallest absolute Gasteiger partial charge is 0.262 e. The minimum Gasteiger partial charge on any atom is -0.390 e. The van der Waals surface area contributed by atoms with Crippen LogP contribution in [0.4, 0.5) is 5.69 Å². The second-order valence-electron chi connectivity index (χ2n) is 5.53. The third-order valence-electron chi connectivity index (χ3n) is 3.72. The van der Waals surface area contributed by atoms with E-state index in [1.165, 1.54) is 16.8 Å². The molecule has 0 unspecified atom stereocenters. The first-order valence-corrected chi connectivity index (χ1v) is 8.86. The van der Waals surface area contributed by atoms with Crippen molar-refractivity contribution in [1.29, 1.82) is 0 Å². The fourth-order valence-corrected chi connectivity index (χ4v) is 4.18. The maximum absolute atomic E-state index is 12.5. The van der Waals surface area contributed by atoms with Gasteiger partial charge < -0.3 is 15.0 Å². The number of anilines is 1. The highest BCUT2D eigenvalue weighted by Gasteiger charge is 2.39. The van der Waals surface area contributed by atoms with Gasteiger partial charge in [0.05, 0.1) is 18.5 Å². The van der Waals surface area contributed by atoms with Gasteiger partial charge >= 0.3 is 0 Å². The summed E-state index contributed by atoms with van der Waals surface area (Å²) in [7, 11) is -2.01. The van der Waals surface area contributed by atoms with Crippen LogP contribution in [-0.2, 0) is 17.1 Å². The van der Waals surface area contributed by atoms with Crippen LogP contribution < -0.4 is 5.32 Å². The van der Waals surface area contributed by atoms with Crippen molar-refractivity contribution in [2.24, 2.45) is 7.05 Å². The second-order valence-corrected chi connectivity index (χ2v) is 7.85. The van der Waals surface area contributed by atoms with E-state index >= 15 is 0 Å². The summed E-state index contributed by atoms with van der Waals surface area (Å²) in [5.74, 6) is 0. The summed E-state index contributed by atoms with van der Waals surface area (Å²) >= 11 is 5.93. The Balaban J connectivity index is 1.76. The number of nitrogens with zero attached hydrogens (tertiary/aromatic N) is 3. The van der Waals surface area contributed by atoms with E-state index in [0.29, 0.717) is 5.02 Å². The molecule has 1 aromatic heterocycles. The minimum absolute atomic E-state index is 0.0180. The van der Waals surface area contributed by atoms with Crippen molar-refractivity contribution < 1.29 is 13.5 Å². The Morgan fingerprint density at radius 3 is 2.83 bits per heavy atom. The zero-order valence-corrected chi connectivity index (χ0v) is 14.0. The van der Waals surface area contributed by atoms with Crippen LogP contribution in [0.3, 0.4) is 0 Å². The zero-order valence-electron chi connectivity index (χ0n) is 12.4. The van der Waals surface area contributed by atoms with E-state index in [0.717, 1.165) is 5.69 Å². The number of rotatable bonds is 4. The van der Waals surface area contributed by atoms with E-state index < -0.39 is 22.2 Å². The van der Waals surface area contributed by atoms with Crippen molar-refractivity contribution in [3.63, 3.8) is 0 Å². The van der Waals surface area contributed by atoms with Gasteiger partial charge in [-0.1, -0.05) is 17.7 Å². The number of hydrogen-bond acceptors (Lipinski definition) is 5. The summed E-state index contributed by atoms with van der Waals surface area (Å²) in [6, 6.07) is 6.66. The Hall–Kier alpha value is -1.61. The summed E-state index contributed by atoms with van der Waals surface area (Å²) in [4.78, 5) is 3.89. The molecule has 1 aliphatic rings. The highest BCUT2D eigenvalue weighted by Crippen LogP contribution is 2.23. The van der Waals surface area contributed by atoms with Gasteiger partial charge in [-0.2, -0.15) is 4.31 Å². The molecule has 1 aromatic carbocycles. The fraction of sp³-hybridized carbons (Fsp3) is 0.357. The van der Waals surface area contributed by atoms with Crippen molar-refractivity contribution in [2.75, 3.05) is 18.4 Å². The van der Waals surface area contributed by atoms with Crippen LogP contribution in [0.25, 0.3) is 0 Å². The largest absolute Gasteiger partial charge is 0.390 e. The maximum atomic E-state index is 12.5. The third kappa shape index (κ3) is 3.35. The van der Waals surface area contributed by atoms with Crippen molar-refractivity contribution in [3.8, 4) is 0 Å². The lowest BCUT2D eigenvalue weighted by Gasteiger charge is -2.17. The van der Waals surface area contributed by atoms with Gasteiger partial charge in [-0.25, -0.2) is 13.4 Å². The molecule has 1 fully saturated rings. The van der Waals surface area contributed by atoms with Crippen molar-refractivity contribution in [2.45, 2.75) is 17.2 Å². The number of aromatic nitrogens is 2. The van der Waals surface area contributed by atoms with Crippen LogP contribution >= 0.6 is 11.6 Å². The normalized spacial score (nSPS) is 22.4. The van der Waals surface area contributed by atoms with Gasteiger partial charge in [-0.3, -0.25) is 0 Å². The first kappa shape index (κ1) is 16.3. The van der Waals surface area contributed by atoms with Gasteiger partial charge in [0.15, 0.2) is 5.03 Å². The van der Waals surface area contributed by atoms with Gasteiger partial charge in [-0.15, -0.1) is 0 Å². The van der Waals surface area contributed by atoms with Crippen molar-refractivity contribution in [3.05, 3.63) is 41.8 Å². The van der Waals surface area contributed by atoms with Crippen LogP contribution in [0.1, 0.15) is 0 Å². The number of aryl methyl sites for hydroxylation is 1. The summed E-state index contributed by atoms with van der Waals surface area (Å²) < 4.78 is 27.9. The van der Waals surface area contributed by atoms with Gasteiger partial charge in [0.25, 0.3) is 10.0 Å². The minimum atomic E-state index is -3.71. The number of sulfonamides is 1. The van der Waals surface area contributed by atoms with E-state index in [9.17, 15) is 13.5 Å². The maximum Gasteiger partial charge on any atom is 0.262 e. The molecular weight excluding hydrogens is 340 g/mol. The number of halogens is 1. The quantitative estimate of drug-likeness (QED) is 0.850. The molecule has 2 atom stereocenters. The van der Waals surface area contributed by atoms with Crippen molar-refractivity contribution in [1.82, 2.24) is 13.9 Å². The number of aliphatic hydroxyl groups is 1. The van der Waals surface area contributed by atoms with Gasteiger partial charge in [0.1, 0.15) is 0 Å². The van der Waals surface area contributed by atoms with Crippen LogP contribution in [0.2, 0.25) is 5.02 Å². The lowest BCUT2D eigenvalue weighted by molar-refractivity contribution is 0.179. The second kappa shape index (κ2) is 6.12.